The van der Waals surface area contributed by atoms with Crippen LogP contribution < -0.4 is 16.0 Å². The van der Waals surface area contributed by atoms with Crippen molar-refractivity contribution in [3.63, 3.8) is 0 Å². The van der Waals surface area contributed by atoms with Crippen LogP contribution in [-0.4, -0.2) is 37.3 Å². The highest BCUT2D eigenvalue weighted by Crippen LogP contribution is 2.11. The summed E-state index contributed by atoms with van der Waals surface area (Å²) in [6.07, 6.45) is 2.76. The molecule has 7 nitrogen and oxygen atoms in total. The molecule has 2 aromatic rings. The molecule has 1 heterocycles. The van der Waals surface area contributed by atoms with Crippen molar-refractivity contribution in [2.24, 2.45) is 4.99 Å². The number of carbonyl (C=O) groups is 1. The number of aliphatic imine (C=N–C) groups is 1. The van der Waals surface area contributed by atoms with E-state index in [2.05, 4.69) is 40.0 Å². The van der Waals surface area contributed by atoms with E-state index < -0.39 is 11.7 Å². The van der Waals surface area contributed by atoms with Gasteiger partial charge in [-0.25, -0.2) is 4.79 Å². The van der Waals surface area contributed by atoms with E-state index in [0.717, 1.165) is 18.1 Å². The summed E-state index contributed by atoms with van der Waals surface area (Å²) in [5, 5.41) is 9.55. The van der Waals surface area contributed by atoms with Crippen LogP contribution in [0.2, 0.25) is 0 Å². The number of amides is 1. The molecule has 8 heteroatoms. The molecule has 31 heavy (non-hydrogen) atoms. The summed E-state index contributed by atoms with van der Waals surface area (Å²) in [5.74, 6) is 1.66. The fraction of sp³-hybridized carbons (Fsp3) is 0.478. The zero-order chi connectivity index (χ0) is 21.8. The molecule has 0 fully saturated rings. The number of benzene rings is 1. The SMILES string of the molecule is CC(NC(=NCCCNC(=O)OC(C)(C)C)NCCc1ccco1)c1ccccc1.I. The smallest absolute Gasteiger partial charge is 0.407 e. The van der Waals surface area contributed by atoms with Crippen LogP contribution in [0.1, 0.15) is 51.5 Å². The van der Waals surface area contributed by atoms with Gasteiger partial charge in [0.05, 0.1) is 12.3 Å². The molecule has 3 N–H and O–H groups in total. The van der Waals surface area contributed by atoms with Crippen molar-refractivity contribution < 1.29 is 13.9 Å². The molecule has 0 aliphatic heterocycles. The van der Waals surface area contributed by atoms with Crippen molar-refractivity contribution >= 4 is 36.0 Å². The highest BCUT2D eigenvalue weighted by Gasteiger charge is 2.15. The molecule has 0 spiro atoms. The third-order valence-corrected chi connectivity index (χ3v) is 4.17. The minimum atomic E-state index is -0.495. The predicted octanol–water partition coefficient (Wildman–Crippen LogP) is 4.65. The Hall–Kier alpha value is -2.23. The molecular formula is C23H35IN4O3. The monoisotopic (exact) mass is 542 g/mol. The Balaban J connectivity index is 0.00000480. The number of alkyl carbamates (subject to hydrolysis) is 1. The number of hydrogen-bond donors (Lipinski definition) is 3. The van der Waals surface area contributed by atoms with Crippen LogP contribution in [0.15, 0.2) is 58.1 Å². The van der Waals surface area contributed by atoms with E-state index >= 15 is 0 Å². The van der Waals surface area contributed by atoms with E-state index in [4.69, 9.17) is 9.15 Å². The summed E-state index contributed by atoms with van der Waals surface area (Å²) >= 11 is 0. The van der Waals surface area contributed by atoms with Gasteiger partial charge in [-0.1, -0.05) is 30.3 Å². The molecule has 0 aliphatic rings. The zero-order valence-electron chi connectivity index (χ0n) is 18.8. The molecule has 0 saturated heterocycles. The summed E-state index contributed by atoms with van der Waals surface area (Å²) in [6, 6.07) is 14.2. The van der Waals surface area contributed by atoms with Crippen LogP contribution in [0.3, 0.4) is 0 Å². The molecule has 0 radical (unpaired) electrons. The Kier molecular flexibility index (Phi) is 12.1. The predicted molar refractivity (Wildman–Crippen MR) is 135 cm³/mol. The quantitative estimate of drug-likeness (QED) is 0.186. The van der Waals surface area contributed by atoms with Gasteiger partial charge in [-0.15, -0.1) is 24.0 Å². The molecule has 0 bridgehead atoms. The van der Waals surface area contributed by atoms with E-state index in [0.29, 0.717) is 26.1 Å². The number of ether oxygens (including phenoxy) is 1. The van der Waals surface area contributed by atoms with Gasteiger partial charge in [0.2, 0.25) is 0 Å². The molecule has 1 amide bonds. The van der Waals surface area contributed by atoms with Gasteiger partial charge in [0.25, 0.3) is 0 Å². The van der Waals surface area contributed by atoms with Crippen LogP contribution in [0.25, 0.3) is 0 Å². The van der Waals surface area contributed by atoms with Crippen molar-refractivity contribution in [2.45, 2.75) is 52.2 Å². The van der Waals surface area contributed by atoms with Crippen molar-refractivity contribution in [2.75, 3.05) is 19.6 Å². The molecule has 1 unspecified atom stereocenters. The topological polar surface area (TPSA) is 87.9 Å². The second kappa shape index (κ2) is 14.0. The minimum absolute atomic E-state index is 0. The molecule has 172 valence electrons. The number of carbonyl (C=O) groups excluding carboxylic acids is 1. The normalized spacial score (nSPS) is 12.5. The first kappa shape index (κ1) is 26.8. The highest BCUT2D eigenvalue weighted by atomic mass is 127. The first-order valence-corrected chi connectivity index (χ1v) is 10.4. The number of nitrogens with one attached hydrogen (secondary N) is 3. The number of nitrogens with zero attached hydrogens (tertiary/aromatic N) is 1. The Morgan fingerprint density at radius 2 is 1.84 bits per heavy atom. The lowest BCUT2D eigenvalue weighted by atomic mass is 10.1. The van der Waals surface area contributed by atoms with Crippen LogP contribution in [0.4, 0.5) is 4.79 Å². The summed E-state index contributed by atoms with van der Waals surface area (Å²) in [5.41, 5.74) is 0.690. The Morgan fingerprint density at radius 3 is 2.48 bits per heavy atom. The maximum atomic E-state index is 11.7. The number of guanidine groups is 1. The maximum Gasteiger partial charge on any atom is 0.407 e. The molecule has 1 aromatic carbocycles. The van der Waals surface area contributed by atoms with Crippen LogP contribution in [-0.2, 0) is 11.2 Å². The van der Waals surface area contributed by atoms with Gasteiger partial charge in [-0.3, -0.25) is 4.99 Å². The minimum Gasteiger partial charge on any atom is -0.469 e. The van der Waals surface area contributed by atoms with Gasteiger partial charge in [0.1, 0.15) is 11.4 Å². The van der Waals surface area contributed by atoms with E-state index in [1.165, 1.54) is 5.56 Å². The van der Waals surface area contributed by atoms with Gasteiger partial charge in [0.15, 0.2) is 5.96 Å². The first-order valence-electron chi connectivity index (χ1n) is 10.4. The van der Waals surface area contributed by atoms with Crippen molar-refractivity contribution in [1.82, 2.24) is 16.0 Å². The Morgan fingerprint density at radius 1 is 1.10 bits per heavy atom. The van der Waals surface area contributed by atoms with Crippen LogP contribution in [0, 0.1) is 0 Å². The molecule has 0 saturated carbocycles. The Labute approximate surface area is 202 Å². The average molecular weight is 542 g/mol. The number of hydrogen-bond acceptors (Lipinski definition) is 4. The summed E-state index contributed by atoms with van der Waals surface area (Å²) in [6.45, 7) is 9.42. The maximum absolute atomic E-state index is 11.7. The van der Waals surface area contributed by atoms with Gasteiger partial charge >= 0.3 is 6.09 Å². The van der Waals surface area contributed by atoms with E-state index in [-0.39, 0.29) is 30.0 Å². The summed E-state index contributed by atoms with van der Waals surface area (Å²) in [4.78, 5) is 16.4. The third-order valence-electron chi connectivity index (χ3n) is 4.17. The van der Waals surface area contributed by atoms with Gasteiger partial charge in [-0.2, -0.15) is 0 Å². The number of rotatable bonds is 9. The molecule has 0 aliphatic carbocycles. The molecule has 2 rings (SSSR count). The largest absolute Gasteiger partial charge is 0.469 e. The van der Waals surface area contributed by atoms with Crippen LogP contribution in [0.5, 0.6) is 0 Å². The average Bonchev–Trinajstić information content (AvgIpc) is 3.20. The number of halogens is 1. The Bertz CT molecular complexity index is 774. The van der Waals surface area contributed by atoms with E-state index in [1.54, 1.807) is 6.26 Å². The fourth-order valence-corrected chi connectivity index (χ4v) is 2.72. The van der Waals surface area contributed by atoms with Crippen molar-refractivity contribution in [1.29, 1.82) is 0 Å². The third kappa shape index (κ3) is 11.7. The van der Waals surface area contributed by atoms with E-state index in [1.807, 2.05) is 51.1 Å². The van der Waals surface area contributed by atoms with Gasteiger partial charge in [-0.05, 0) is 51.8 Å². The lowest BCUT2D eigenvalue weighted by Crippen LogP contribution is -2.40. The van der Waals surface area contributed by atoms with Gasteiger partial charge < -0.3 is 25.1 Å². The lowest BCUT2D eigenvalue weighted by Gasteiger charge is -2.20. The van der Waals surface area contributed by atoms with Gasteiger partial charge in [0, 0.05) is 26.1 Å². The number of furan rings is 1. The van der Waals surface area contributed by atoms with Crippen molar-refractivity contribution in [3.8, 4) is 0 Å². The van der Waals surface area contributed by atoms with E-state index in [9.17, 15) is 4.79 Å². The zero-order valence-corrected chi connectivity index (χ0v) is 21.1. The second-order valence-corrected chi connectivity index (χ2v) is 8.05. The standard InChI is InChI=1S/C23H34N4O3.HI/c1-18(19-10-6-5-7-11-19)27-21(25-16-13-20-12-8-17-29-20)24-14-9-15-26-22(28)30-23(2,3)4;/h5-8,10-12,17-18H,9,13-16H2,1-4H3,(H,26,28)(H2,24,25,27);1H. The summed E-state index contributed by atoms with van der Waals surface area (Å²) < 4.78 is 10.6. The molecular weight excluding hydrogens is 507 g/mol. The molecule has 1 atom stereocenters. The fourth-order valence-electron chi connectivity index (χ4n) is 2.72. The lowest BCUT2D eigenvalue weighted by molar-refractivity contribution is 0.0527. The second-order valence-electron chi connectivity index (χ2n) is 8.05. The van der Waals surface area contributed by atoms with Crippen molar-refractivity contribution in [3.05, 3.63) is 60.1 Å². The summed E-state index contributed by atoms with van der Waals surface area (Å²) in [7, 11) is 0. The highest BCUT2D eigenvalue weighted by molar-refractivity contribution is 14.0. The molecule has 1 aromatic heterocycles. The van der Waals surface area contributed by atoms with Crippen LogP contribution >= 0.6 is 24.0 Å². The first-order chi connectivity index (χ1) is 14.3.